The van der Waals surface area contributed by atoms with Crippen LogP contribution in [0.1, 0.15) is 25.7 Å². The van der Waals surface area contributed by atoms with Gasteiger partial charge in [-0.3, -0.25) is 0 Å². The van der Waals surface area contributed by atoms with Gasteiger partial charge in [0.1, 0.15) is 0 Å². The van der Waals surface area contributed by atoms with Gasteiger partial charge in [0.25, 0.3) is 0 Å². The molecule has 0 aromatic carbocycles. The highest BCUT2D eigenvalue weighted by molar-refractivity contribution is 5.25. The maximum absolute atomic E-state index is 12.4. The van der Waals surface area contributed by atoms with E-state index in [1.54, 1.807) is 12.2 Å². The maximum Gasteiger partial charge on any atom is 0.395 e. The Labute approximate surface area is 93.4 Å². The van der Waals surface area contributed by atoms with Crippen molar-refractivity contribution in [2.45, 2.75) is 37.9 Å². The Morgan fingerprint density at radius 3 is 2.69 bits per heavy atom. The Hall–Kier alpha value is -0.770. The molecule has 0 bridgehead atoms. The fourth-order valence-electron chi connectivity index (χ4n) is 2.27. The minimum atomic E-state index is -4.09. The zero-order valence-corrected chi connectivity index (χ0v) is 9.06. The van der Waals surface area contributed by atoms with Crippen LogP contribution in [0.5, 0.6) is 0 Å². The molecule has 2 atom stereocenters. The molecule has 4 heteroatoms. The van der Waals surface area contributed by atoms with Crippen molar-refractivity contribution in [2.75, 3.05) is 6.54 Å². The summed E-state index contributed by atoms with van der Waals surface area (Å²) in [4.78, 5) is 0. The van der Waals surface area contributed by atoms with Crippen LogP contribution in [0.25, 0.3) is 0 Å². The molecule has 0 saturated carbocycles. The molecule has 16 heavy (non-hydrogen) atoms. The lowest BCUT2D eigenvalue weighted by Gasteiger charge is -2.20. The smallest absolute Gasteiger partial charge is 0.314 e. The first-order chi connectivity index (χ1) is 7.55. The van der Waals surface area contributed by atoms with Gasteiger partial charge in [-0.15, -0.1) is 0 Å². The average Bonchev–Trinajstić information content (AvgIpc) is 2.70. The highest BCUT2D eigenvalue weighted by atomic mass is 19.4. The van der Waals surface area contributed by atoms with Crippen LogP contribution in [0.2, 0.25) is 0 Å². The fourth-order valence-corrected chi connectivity index (χ4v) is 2.27. The largest absolute Gasteiger partial charge is 0.395 e. The second kappa shape index (κ2) is 4.62. The summed E-state index contributed by atoms with van der Waals surface area (Å²) in [6.07, 6.45) is 3.85. The molecule has 1 heterocycles. The minimum absolute atomic E-state index is 0.0993. The number of nitrogens with one attached hydrogen (secondary N) is 1. The molecule has 0 aromatic heterocycles. The van der Waals surface area contributed by atoms with Crippen molar-refractivity contribution >= 4 is 0 Å². The van der Waals surface area contributed by atoms with Crippen LogP contribution in [0.15, 0.2) is 23.8 Å². The van der Waals surface area contributed by atoms with Crippen molar-refractivity contribution in [1.29, 1.82) is 0 Å². The topological polar surface area (TPSA) is 12.0 Å². The van der Waals surface area contributed by atoms with Crippen LogP contribution in [-0.4, -0.2) is 18.8 Å². The monoisotopic (exact) mass is 231 g/mol. The highest BCUT2D eigenvalue weighted by Gasteiger charge is 2.37. The lowest BCUT2D eigenvalue weighted by atomic mass is 9.93. The fraction of sp³-hybridized carbons (Fsp3) is 0.667. The Balaban J connectivity index is 1.87. The Morgan fingerprint density at radius 1 is 1.38 bits per heavy atom. The van der Waals surface area contributed by atoms with Crippen LogP contribution in [0.4, 0.5) is 13.2 Å². The average molecular weight is 231 g/mol. The molecule has 1 nitrogen and oxygen atoms in total. The molecule has 0 spiro atoms. The van der Waals surface area contributed by atoms with Gasteiger partial charge in [-0.05, 0) is 32.2 Å². The maximum atomic E-state index is 12.4. The third kappa shape index (κ3) is 2.88. The van der Waals surface area contributed by atoms with Gasteiger partial charge in [0.05, 0.1) is 5.92 Å². The van der Waals surface area contributed by atoms with E-state index in [0.29, 0.717) is 6.04 Å². The molecular weight excluding hydrogens is 215 g/mol. The normalized spacial score (nSPS) is 30.6. The summed E-state index contributed by atoms with van der Waals surface area (Å²) in [5.41, 5.74) is 1.04. The number of halogens is 3. The van der Waals surface area contributed by atoms with Gasteiger partial charge >= 0.3 is 6.18 Å². The molecule has 1 N–H and O–H groups in total. The second-order valence-electron chi connectivity index (χ2n) is 4.52. The lowest BCUT2D eigenvalue weighted by Crippen LogP contribution is -2.24. The van der Waals surface area contributed by atoms with E-state index in [-0.39, 0.29) is 6.42 Å². The van der Waals surface area contributed by atoms with E-state index in [1.807, 2.05) is 0 Å². The molecule has 1 saturated heterocycles. The standard InChI is InChI=1S/C12H16F3N/c13-12(14,15)10-5-3-9(4-6-10)8-11-2-1-7-16-11/h3-5,10-11,16H,1-2,6-8H2. The zero-order chi connectivity index (χ0) is 11.6. The third-order valence-corrected chi connectivity index (χ3v) is 3.24. The van der Waals surface area contributed by atoms with Crippen LogP contribution in [0.3, 0.4) is 0 Å². The summed E-state index contributed by atoms with van der Waals surface area (Å²) in [7, 11) is 0. The van der Waals surface area contributed by atoms with Crippen molar-refractivity contribution in [3.63, 3.8) is 0 Å². The van der Waals surface area contributed by atoms with Gasteiger partial charge in [0.2, 0.25) is 0 Å². The molecular formula is C12H16F3N. The molecule has 0 aromatic rings. The van der Waals surface area contributed by atoms with E-state index in [0.717, 1.165) is 25.0 Å². The predicted molar refractivity (Wildman–Crippen MR) is 57.0 cm³/mol. The van der Waals surface area contributed by atoms with Crippen LogP contribution < -0.4 is 5.32 Å². The Bertz CT molecular complexity index is 298. The molecule has 2 aliphatic rings. The molecule has 0 radical (unpaired) electrons. The van der Waals surface area contributed by atoms with E-state index >= 15 is 0 Å². The number of allylic oxidation sites excluding steroid dienone is 3. The van der Waals surface area contributed by atoms with Gasteiger partial charge in [-0.1, -0.05) is 23.8 Å². The van der Waals surface area contributed by atoms with Crippen molar-refractivity contribution in [1.82, 2.24) is 5.32 Å². The van der Waals surface area contributed by atoms with E-state index in [1.165, 1.54) is 12.5 Å². The van der Waals surface area contributed by atoms with Crippen molar-refractivity contribution in [3.8, 4) is 0 Å². The first-order valence-corrected chi connectivity index (χ1v) is 5.73. The number of hydrogen-bond donors (Lipinski definition) is 1. The summed E-state index contributed by atoms with van der Waals surface area (Å²) in [6.45, 7) is 1.03. The van der Waals surface area contributed by atoms with Gasteiger partial charge in [0, 0.05) is 6.04 Å². The Kier molecular flexibility index (Phi) is 3.38. The predicted octanol–water partition coefficient (Wildman–Crippen LogP) is 3.19. The number of rotatable bonds is 2. The third-order valence-electron chi connectivity index (χ3n) is 3.24. The van der Waals surface area contributed by atoms with E-state index in [9.17, 15) is 13.2 Å². The molecule has 2 rings (SSSR count). The minimum Gasteiger partial charge on any atom is -0.314 e. The van der Waals surface area contributed by atoms with Crippen molar-refractivity contribution < 1.29 is 13.2 Å². The summed E-state index contributed by atoms with van der Waals surface area (Å²) in [5.74, 6) is -1.28. The molecule has 1 aliphatic heterocycles. The summed E-state index contributed by atoms with van der Waals surface area (Å²) < 4.78 is 37.1. The number of alkyl halides is 3. The van der Waals surface area contributed by atoms with Crippen LogP contribution in [-0.2, 0) is 0 Å². The molecule has 0 amide bonds. The highest BCUT2D eigenvalue weighted by Crippen LogP contribution is 2.34. The van der Waals surface area contributed by atoms with Crippen LogP contribution >= 0.6 is 0 Å². The SMILES string of the molecule is FC(F)(F)C1C=CC(CC2CCCN2)=CC1. The summed E-state index contributed by atoms with van der Waals surface area (Å²) in [5, 5.41) is 3.35. The van der Waals surface area contributed by atoms with E-state index in [2.05, 4.69) is 5.32 Å². The lowest BCUT2D eigenvalue weighted by molar-refractivity contribution is -0.160. The van der Waals surface area contributed by atoms with Gasteiger partial charge < -0.3 is 5.32 Å². The Morgan fingerprint density at radius 2 is 2.19 bits per heavy atom. The molecule has 2 unspecified atom stereocenters. The quantitative estimate of drug-likeness (QED) is 0.769. The van der Waals surface area contributed by atoms with Crippen molar-refractivity contribution in [3.05, 3.63) is 23.8 Å². The van der Waals surface area contributed by atoms with E-state index < -0.39 is 12.1 Å². The van der Waals surface area contributed by atoms with Crippen LogP contribution in [0, 0.1) is 5.92 Å². The van der Waals surface area contributed by atoms with Gasteiger partial charge in [-0.25, -0.2) is 0 Å². The van der Waals surface area contributed by atoms with Gasteiger partial charge in [-0.2, -0.15) is 13.2 Å². The van der Waals surface area contributed by atoms with Crippen molar-refractivity contribution in [2.24, 2.45) is 5.92 Å². The summed E-state index contributed by atoms with van der Waals surface area (Å²) in [6, 6.07) is 0.457. The first-order valence-electron chi connectivity index (χ1n) is 5.73. The second-order valence-corrected chi connectivity index (χ2v) is 4.52. The van der Waals surface area contributed by atoms with E-state index in [4.69, 9.17) is 0 Å². The first kappa shape index (κ1) is 11.7. The zero-order valence-electron chi connectivity index (χ0n) is 9.06. The molecule has 1 fully saturated rings. The number of hydrogen-bond acceptors (Lipinski definition) is 1. The summed E-state index contributed by atoms with van der Waals surface area (Å²) >= 11 is 0. The van der Waals surface area contributed by atoms with Gasteiger partial charge in [0.15, 0.2) is 0 Å². The molecule has 90 valence electrons. The molecule has 1 aliphatic carbocycles.